The van der Waals surface area contributed by atoms with Crippen molar-refractivity contribution in [2.75, 3.05) is 11.9 Å². The molecule has 1 unspecified atom stereocenters. The fourth-order valence-corrected chi connectivity index (χ4v) is 3.80. The fourth-order valence-electron chi connectivity index (χ4n) is 2.91. The summed E-state index contributed by atoms with van der Waals surface area (Å²) in [5.74, 6) is -0.476. The highest BCUT2D eigenvalue weighted by Gasteiger charge is 2.18. The second-order valence-electron chi connectivity index (χ2n) is 6.90. The van der Waals surface area contributed by atoms with Gasteiger partial charge < -0.3 is 10.6 Å². The number of para-hydroxylation sites is 3. The molecule has 0 saturated heterocycles. The molecule has 0 aliphatic rings. The van der Waals surface area contributed by atoms with Crippen LogP contribution in [0.4, 0.5) is 5.69 Å². The van der Waals surface area contributed by atoms with Gasteiger partial charge in [-0.2, -0.15) is 0 Å². The molecule has 3 rings (SSSR count). The molecule has 1 heterocycles. The molecule has 29 heavy (non-hydrogen) atoms. The van der Waals surface area contributed by atoms with E-state index in [1.165, 1.54) is 11.8 Å². The van der Waals surface area contributed by atoms with E-state index in [1.807, 2.05) is 63.2 Å². The van der Waals surface area contributed by atoms with Crippen molar-refractivity contribution in [1.29, 1.82) is 0 Å². The van der Waals surface area contributed by atoms with Crippen LogP contribution in [0.1, 0.15) is 23.7 Å². The number of carbonyl (C=O) groups is 2. The van der Waals surface area contributed by atoms with Crippen LogP contribution in [0.3, 0.4) is 0 Å². The Morgan fingerprint density at radius 3 is 2.24 bits per heavy atom. The highest BCUT2D eigenvalue weighted by atomic mass is 32.2. The molecule has 0 fully saturated rings. The number of amides is 2. The zero-order valence-corrected chi connectivity index (χ0v) is 17.8. The van der Waals surface area contributed by atoms with Crippen molar-refractivity contribution in [3.63, 3.8) is 0 Å². The molecule has 0 spiro atoms. The average Bonchev–Trinajstić information content (AvgIpc) is 2.69. The van der Waals surface area contributed by atoms with E-state index in [0.29, 0.717) is 5.03 Å². The lowest BCUT2D eigenvalue weighted by Crippen LogP contribution is -2.37. The number of rotatable bonds is 6. The molecule has 1 atom stereocenters. The minimum atomic E-state index is -0.405. The van der Waals surface area contributed by atoms with Gasteiger partial charge in [-0.25, -0.2) is 9.97 Å². The average molecular weight is 409 g/mol. The van der Waals surface area contributed by atoms with Crippen LogP contribution < -0.4 is 10.6 Å². The Bertz CT molecular complexity index is 1050. The number of aromatic nitrogens is 2. The normalized spacial score (nSPS) is 11.9. The summed E-state index contributed by atoms with van der Waals surface area (Å²) in [6.07, 6.45) is 0. The van der Waals surface area contributed by atoms with Gasteiger partial charge in [0.2, 0.25) is 11.8 Å². The number of anilines is 1. The standard InChI is InChI=1S/C22H24N4O2S/c1-13-8-7-9-14(2)20(13)26-19(27)12-23-21(28)16(4)29-22-15(3)24-17-10-5-6-11-18(17)25-22/h5-11,16H,12H2,1-4H3,(H,23,28)(H,26,27). The lowest BCUT2D eigenvalue weighted by molar-refractivity contribution is -0.123. The van der Waals surface area contributed by atoms with Gasteiger partial charge >= 0.3 is 0 Å². The van der Waals surface area contributed by atoms with Crippen molar-refractivity contribution in [3.8, 4) is 0 Å². The number of benzene rings is 2. The lowest BCUT2D eigenvalue weighted by Gasteiger charge is -2.14. The maximum absolute atomic E-state index is 12.5. The Hall–Kier alpha value is -2.93. The molecule has 0 aliphatic carbocycles. The number of nitrogens with one attached hydrogen (secondary N) is 2. The molecule has 0 bridgehead atoms. The van der Waals surface area contributed by atoms with Crippen LogP contribution in [-0.2, 0) is 9.59 Å². The van der Waals surface area contributed by atoms with Crippen LogP contribution in [0.15, 0.2) is 47.5 Å². The summed E-state index contributed by atoms with van der Waals surface area (Å²) in [7, 11) is 0. The minimum Gasteiger partial charge on any atom is -0.346 e. The van der Waals surface area contributed by atoms with Crippen molar-refractivity contribution in [1.82, 2.24) is 15.3 Å². The summed E-state index contributed by atoms with van der Waals surface area (Å²) >= 11 is 1.34. The molecule has 0 saturated carbocycles. The molecule has 1 aromatic heterocycles. The van der Waals surface area contributed by atoms with Gasteiger partial charge in [0.15, 0.2) is 0 Å². The molecular weight excluding hydrogens is 384 g/mol. The predicted molar refractivity (Wildman–Crippen MR) is 117 cm³/mol. The highest BCUT2D eigenvalue weighted by Crippen LogP contribution is 2.26. The largest absolute Gasteiger partial charge is 0.346 e. The maximum atomic E-state index is 12.5. The van der Waals surface area contributed by atoms with Gasteiger partial charge in [0.25, 0.3) is 0 Å². The number of fused-ring (bicyclic) bond motifs is 1. The third-order valence-corrected chi connectivity index (χ3v) is 5.71. The topological polar surface area (TPSA) is 84.0 Å². The molecule has 7 heteroatoms. The number of carbonyl (C=O) groups excluding carboxylic acids is 2. The molecule has 3 aromatic rings. The quantitative estimate of drug-likeness (QED) is 0.606. The lowest BCUT2D eigenvalue weighted by atomic mass is 10.1. The smallest absolute Gasteiger partial charge is 0.243 e. The zero-order valence-electron chi connectivity index (χ0n) is 16.9. The van der Waals surface area contributed by atoms with Gasteiger partial charge in [0, 0.05) is 5.69 Å². The van der Waals surface area contributed by atoms with Crippen LogP contribution in [0.2, 0.25) is 0 Å². The first-order valence-corrected chi connectivity index (χ1v) is 10.3. The Kier molecular flexibility index (Phi) is 6.49. The molecule has 2 aromatic carbocycles. The molecule has 2 N–H and O–H groups in total. The van der Waals surface area contributed by atoms with Gasteiger partial charge in [-0.15, -0.1) is 0 Å². The summed E-state index contributed by atoms with van der Waals surface area (Å²) in [6.45, 7) is 7.46. The number of hydrogen-bond acceptors (Lipinski definition) is 5. The summed E-state index contributed by atoms with van der Waals surface area (Å²) in [5.41, 5.74) is 5.16. The van der Waals surface area contributed by atoms with Crippen LogP contribution in [-0.4, -0.2) is 33.6 Å². The van der Waals surface area contributed by atoms with E-state index in [1.54, 1.807) is 6.92 Å². The first-order chi connectivity index (χ1) is 13.8. The van der Waals surface area contributed by atoms with Gasteiger partial charge in [0.1, 0.15) is 5.03 Å². The third kappa shape index (κ3) is 5.12. The van der Waals surface area contributed by atoms with Crippen molar-refractivity contribution >= 4 is 40.3 Å². The first-order valence-electron chi connectivity index (χ1n) is 9.39. The minimum absolute atomic E-state index is 0.0834. The molecule has 0 radical (unpaired) electrons. The van der Waals surface area contributed by atoms with Crippen molar-refractivity contribution in [3.05, 3.63) is 59.3 Å². The SMILES string of the molecule is Cc1cccc(C)c1NC(=O)CNC(=O)C(C)Sc1nc2ccccc2nc1C. The Labute approximate surface area is 174 Å². The molecule has 6 nitrogen and oxygen atoms in total. The van der Waals surface area contributed by atoms with Crippen LogP contribution in [0.5, 0.6) is 0 Å². The van der Waals surface area contributed by atoms with Gasteiger partial charge in [-0.05, 0) is 51.0 Å². The van der Waals surface area contributed by atoms with Crippen LogP contribution >= 0.6 is 11.8 Å². The van der Waals surface area contributed by atoms with Gasteiger partial charge in [-0.3, -0.25) is 9.59 Å². The van der Waals surface area contributed by atoms with Gasteiger partial charge in [0.05, 0.1) is 28.5 Å². The van der Waals surface area contributed by atoms with Crippen LogP contribution in [0, 0.1) is 20.8 Å². The van der Waals surface area contributed by atoms with E-state index in [9.17, 15) is 9.59 Å². The van der Waals surface area contributed by atoms with Crippen LogP contribution in [0.25, 0.3) is 11.0 Å². The van der Waals surface area contributed by atoms with Crippen molar-refractivity contribution in [2.45, 2.75) is 38.0 Å². The van der Waals surface area contributed by atoms with E-state index < -0.39 is 5.25 Å². The first kappa shape index (κ1) is 20.8. The van der Waals surface area contributed by atoms with Crippen molar-refractivity contribution in [2.24, 2.45) is 0 Å². The number of nitrogens with zero attached hydrogens (tertiary/aromatic N) is 2. The zero-order chi connectivity index (χ0) is 21.0. The summed E-state index contributed by atoms with van der Waals surface area (Å²) < 4.78 is 0. The van der Waals surface area contributed by atoms with E-state index >= 15 is 0 Å². The number of thioether (sulfide) groups is 1. The molecule has 150 valence electrons. The highest BCUT2D eigenvalue weighted by molar-refractivity contribution is 8.00. The van der Waals surface area contributed by atoms with E-state index in [2.05, 4.69) is 20.6 Å². The summed E-state index contributed by atoms with van der Waals surface area (Å²) in [6, 6.07) is 13.5. The Morgan fingerprint density at radius 1 is 0.966 bits per heavy atom. The summed E-state index contributed by atoms with van der Waals surface area (Å²) in [4.78, 5) is 33.9. The Morgan fingerprint density at radius 2 is 1.59 bits per heavy atom. The Balaban J connectivity index is 1.58. The molecule has 2 amide bonds. The monoisotopic (exact) mass is 408 g/mol. The number of hydrogen-bond donors (Lipinski definition) is 2. The van der Waals surface area contributed by atoms with E-state index in [-0.39, 0.29) is 18.4 Å². The van der Waals surface area contributed by atoms with E-state index in [0.717, 1.165) is 33.5 Å². The molecule has 0 aliphatic heterocycles. The maximum Gasteiger partial charge on any atom is 0.243 e. The second kappa shape index (κ2) is 9.05. The van der Waals surface area contributed by atoms with Gasteiger partial charge in [-0.1, -0.05) is 42.1 Å². The third-order valence-electron chi connectivity index (χ3n) is 4.53. The van der Waals surface area contributed by atoms with Crippen molar-refractivity contribution < 1.29 is 9.59 Å². The fraction of sp³-hybridized carbons (Fsp3) is 0.273. The predicted octanol–water partition coefficient (Wildman–Crippen LogP) is 3.79. The molecular formula is C22H24N4O2S. The summed E-state index contributed by atoms with van der Waals surface area (Å²) in [5, 5.41) is 5.88. The van der Waals surface area contributed by atoms with E-state index in [4.69, 9.17) is 0 Å². The number of aryl methyl sites for hydroxylation is 3. The second-order valence-corrected chi connectivity index (χ2v) is 8.23.